The molecule has 0 aliphatic rings. The molecule has 1 atom stereocenters. The molecule has 0 aromatic rings. The number of hydrogen-bond acceptors (Lipinski definition) is 3. The number of rotatable bonds is 9. The maximum absolute atomic E-state index is 11.0. The smallest absolute Gasteiger partial charge is 0.306 e. The number of thioether (sulfide) groups is 1. The molecule has 15 heavy (non-hydrogen) atoms. The monoisotopic (exact) mass is 232 g/mol. The summed E-state index contributed by atoms with van der Waals surface area (Å²) in [6.45, 7) is 4.32. The average Bonchev–Trinajstić information content (AvgIpc) is 2.23. The normalized spacial score (nSPS) is 12.5. The fraction of sp³-hybridized carbons (Fsp3) is 0.917. The van der Waals surface area contributed by atoms with Crippen LogP contribution in [0.25, 0.3) is 0 Å². The first-order chi connectivity index (χ1) is 7.20. The zero-order valence-electron chi connectivity index (χ0n) is 10.3. The van der Waals surface area contributed by atoms with Gasteiger partial charge in [0.15, 0.2) is 0 Å². The summed E-state index contributed by atoms with van der Waals surface area (Å²) in [6.07, 6.45) is 7.13. The molecule has 0 fully saturated rings. The second kappa shape index (κ2) is 10.3. The van der Waals surface area contributed by atoms with Crippen molar-refractivity contribution in [1.82, 2.24) is 0 Å². The van der Waals surface area contributed by atoms with Crippen molar-refractivity contribution in [2.24, 2.45) is 0 Å². The first-order valence-electron chi connectivity index (χ1n) is 5.89. The van der Waals surface area contributed by atoms with Crippen molar-refractivity contribution in [1.29, 1.82) is 0 Å². The lowest BCUT2D eigenvalue weighted by Gasteiger charge is -2.09. The molecule has 0 amide bonds. The quantitative estimate of drug-likeness (QED) is 0.448. The third-order valence-corrected chi connectivity index (χ3v) is 3.59. The Morgan fingerprint density at radius 2 is 1.93 bits per heavy atom. The Balaban J connectivity index is 3.23. The van der Waals surface area contributed by atoms with Gasteiger partial charge in [0.1, 0.15) is 0 Å². The van der Waals surface area contributed by atoms with Crippen LogP contribution in [-0.4, -0.2) is 24.1 Å². The van der Waals surface area contributed by atoms with Gasteiger partial charge in [-0.15, -0.1) is 0 Å². The molecule has 0 saturated carbocycles. The van der Waals surface area contributed by atoms with Gasteiger partial charge < -0.3 is 4.74 Å². The zero-order chi connectivity index (χ0) is 11.5. The fourth-order valence-electron chi connectivity index (χ4n) is 1.37. The van der Waals surface area contributed by atoms with Gasteiger partial charge >= 0.3 is 5.97 Å². The van der Waals surface area contributed by atoms with E-state index in [1.165, 1.54) is 45.0 Å². The minimum absolute atomic E-state index is 0.0963. The Kier molecular flexibility index (Phi) is 10.2. The molecular weight excluding hydrogens is 208 g/mol. The highest BCUT2D eigenvalue weighted by molar-refractivity contribution is 7.99. The molecule has 0 aromatic heterocycles. The summed E-state index contributed by atoms with van der Waals surface area (Å²) in [6, 6.07) is 0. The average molecular weight is 232 g/mol. The standard InChI is InChI=1S/C12H24O2S/c1-4-5-6-7-8-9-15-11(2)10-12(13)14-3/h11H,4-10H2,1-3H3. The lowest BCUT2D eigenvalue weighted by atomic mass is 10.2. The van der Waals surface area contributed by atoms with Crippen LogP contribution in [0.1, 0.15) is 52.4 Å². The number of carbonyl (C=O) groups excluding carboxylic acids is 1. The molecule has 0 rings (SSSR count). The highest BCUT2D eigenvalue weighted by atomic mass is 32.2. The number of carbonyl (C=O) groups is 1. The lowest BCUT2D eigenvalue weighted by molar-refractivity contribution is -0.140. The van der Waals surface area contributed by atoms with E-state index in [1.54, 1.807) is 0 Å². The third-order valence-electron chi connectivity index (χ3n) is 2.33. The summed E-state index contributed by atoms with van der Waals surface area (Å²) in [5.41, 5.74) is 0. The number of unbranched alkanes of at least 4 members (excludes halogenated alkanes) is 4. The Morgan fingerprint density at radius 3 is 2.53 bits per heavy atom. The van der Waals surface area contributed by atoms with Gasteiger partial charge in [0.05, 0.1) is 13.5 Å². The Bertz CT molecular complexity index is 160. The summed E-state index contributed by atoms with van der Waals surface area (Å²) in [5.74, 6) is 1.07. The van der Waals surface area contributed by atoms with Crippen LogP contribution in [0.2, 0.25) is 0 Å². The molecule has 0 N–H and O–H groups in total. The fourth-order valence-corrected chi connectivity index (χ4v) is 2.39. The number of ether oxygens (including phenoxy) is 1. The maximum Gasteiger partial charge on any atom is 0.306 e. The second-order valence-corrected chi connectivity index (χ2v) is 5.42. The molecule has 0 spiro atoms. The van der Waals surface area contributed by atoms with Crippen LogP contribution < -0.4 is 0 Å². The Labute approximate surface area is 98.2 Å². The van der Waals surface area contributed by atoms with E-state index < -0.39 is 0 Å². The minimum atomic E-state index is -0.0963. The van der Waals surface area contributed by atoms with Crippen LogP contribution in [0, 0.1) is 0 Å². The van der Waals surface area contributed by atoms with Crippen LogP contribution in [0.3, 0.4) is 0 Å². The molecular formula is C12H24O2S. The molecule has 0 aliphatic carbocycles. The molecule has 0 saturated heterocycles. The molecule has 0 bridgehead atoms. The van der Waals surface area contributed by atoms with Crippen LogP contribution in [0.15, 0.2) is 0 Å². The van der Waals surface area contributed by atoms with E-state index in [2.05, 4.69) is 18.6 Å². The summed E-state index contributed by atoms with van der Waals surface area (Å²) in [7, 11) is 1.45. The predicted molar refractivity (Wildman–Crippen MR) is 67.3 cm³/mol. The second-order valence-electron chi connectivity index (χ2n) is 3.88. The van der Waals surface area contributed by atoms with Gasteiger partial charge in [0.25, 0.3) is 0 Å². The van der Waals surface area contributed by atoms with E-state index in [1.807, 2.05) is 11.8 Å². The molecule has 1 unspecified atom stereocenters. The van der Waals surface area contributed by atoms with Crippen LogP contribution in [-0.2, 0) is 9.53 Å². The summed E-state index contributed by atoms with van der Waals surface area (Å²) in [5, 5.41) is 0.392. The number of methoxy groups -OCH3 is 1. The van der Waals surface area contributed by atoms with E-state index in [0.717, 1.165) is 0 Å². The molecule has 0 heterocycles. The summed E-state index contributed by atoms with van der Waals surface area (Å²) >= 11 is 1.88. The highest BCUT2D eigenvalue weighted by Gasteiger charge is 2.08. The van der Waals surface area contributed by atoms with Gasteiger partial charge in [0.2, 0.25) is 0 Å². The van der Waals surface area contributed by atoms with Crippen molar-refractivity contribution in [2.45, 2.75) is 57.6 Å². The van der Waals surface area contributed by atoms with Crippen LogP contribution in [0.5, 0.6) is 0 Å². The van der Waals surface area contributed by atoms with Crippen LogP contribution >= 0.6 is 11.8 Å². The van der Waals surface area contributed by atoms with Gasteiger partial charge in [-0.1, -0.05) is 39.5 Å². The van der Waals surface area contributed by atoms with E-state index >= 15 is 0 Å². The molecule has 0 aliphatic heterocycles. The molecule has 2 nitrogen and oxygen atoms in total. The maximum atomic E-state index is 11.0. The first kappa shape index (κ1) is 14.8. The topological polar surface area (TPSA) is 26.3 Å². The highest BCUT2D eigenvalue weighted by Crippen LogP contribution is 2.17. The Morgan fingerprint density at radius 1 is 1.27 bits per heavy atom. The molecule has 90 valence electrons. The van der Waals surface area contributed by atoms with Crippen molar-refractivity contribution < 1.29 is 9.53 Å². The van der Waals surface area contributed by atoms with Gasteiger partial charge in [-0.3, -0.25) is 4.79 Å². The minimum Gasteiger partial charge on any atom is -0.469 e. The van der Waals surface area contributed by atoms with Gasteiger partial charge in [-0.25, -0.2) is 0 Å². The van der Waals surface area contributed by atoms with Crippen molar-refractivity contribution in [2.75, 3.05) is 12.9 Å². The largest absolute Gasteiger partial charge is 0.469 e. The van der Waals surface area contributed by atoms with Gasteiger partial charge in [0, 0.05) is 5.25 Å². The van der Waals surface area contributed by atoms with Gasteiger partial charge in [-0.2, -0.15) is 11.8 Å². The van der Waals surface area contributed by atoms with E-state index in [4.69, 9.17) is 0 Å². The van der Waals surface area contributed by atoms with Crippen molar-refractivity contribution in [3.8, 4) is 0 Å². The molecule has 0 radical (unpaired) electrons. The number of esters is 1. The summed E-state index contributed by atoms with van der Waals surface area (Å²) in [4.78, 5) is 11.0. The Hall–Kier alpha value is -0.180. The first-order valence-corrected chi connectivity index (χ1v) is 6.94. The van der Waals surface area contributed by atoms with Gasteiger partial charge in [-0.05, 0) is 12.2 Å². The van der Waals surface area contributed by atoms with E-state index in [0.29, 0.717) is 11.7 Å². The predicted octanol–water partition coefficient (Wildman–Crippen LogP) is 3.64. The van der Waals surface area contributed by atoms with Crippen LogP contribution in [0.4, 0.5) is 0 Å². The summed E-state index contributed by atoms with van der Waals surface area (Å²) < 4.78 is 4.63. The zero-order valence-corrected chi connectivity index (χ0v) is 11.1. The van der Waals surface area contributed by atoms with Crippen molar-refractivity contribution in [3.05, 3.63) is 0 Å². The van der Waals surface area contributed by atoms with Crippen molar-refractivity contribution >= 4 is 17.7 Å². The molecule has 0 aromatic carbocycles. The SMILES string of the molecule is CCCCCCCSC(C)CC(=O)OC. The lowest BCUT2D eigenvalue weighted by Crippen LogP contribution is -2.09. The number of hydrogen-bond donors (Lipinski definition) is 0. The third kappa shape index (κ3) is 10.1. The van der Waals surface area contributed by atoms with Crippen molar-refractivity contribution in [3.63, 3.8) is 0 Å². The van der Waals surface area contributed by atoms with E-state index in [-0.39, 0.29) is 5.97 Å². The molecule has 3 heteroatoms. The van der Waals surface area contributed by atoms with E-state index in [9.17, 15) is 4.79 Å².